The summed E-state index contributed by atoms with van der Waals surface area (Å²) in [6, 6.07) is 14.9. The molecule has 0 saturated heterocycles. The van der Waals surface area contributed by atoms with Crippen LogP contribution in [0.15, 0.2) is 48.7 Å². The first-order chi connectivity index (χ1) is 9.83. The van der Waals surface area contributed by atoms with Gasteiger partial charge in [-0.3, -0.25) is 0 Å². The topological polar surface area (TPSA) is 43.8 Å². The Labute approximate surface area is 119 Å². The molecule has 1 aromatic heterocycles. The third-order valence-corrected chi connectivity index (χ3v) is 3.77. The lowest BCUT2D eigenvalue weighted by atomic mass is 10.0. The van der Waals surface area contributed by atoms with Gasteiger partial charge in [0.25, 0.3) is 0 Å². The molecule has 2 N–H and O–H groups in total. The Balaban J connectivity index is 2.03. The highest BCUT2D eigenvalue weighted by Crippen LogP contribution is 2.21. The molecule has 3 rings (SSSR count). The molecule has 1 heterocycles. The summed E-state index contributed by atoms with van der Waals surface area (Å²) in [5.74, 6) is 1.09. The molecular formula is C17H19N3. The molecule has 0 aliphatic heterocycles. The Morgan fingerprint density at radius 3 is 2.70 bits per heavy atom. The third kappa shape index (κ3) is 2.21. The minimum absolute atomic E-state index is 0.538. The van der Waals surface area contributed by atoms with Crippen LogP contribution in [0.3, 0.4) is 0 Å². The predicted molar refractivity (Wildman–Crippen MR) is 82.5 cm³/mol. The van der Waals surface area contributed by atoms with E-state index in [0.717, 1.165) is 24.5 Å². The van der Waals surface area contributed by atoms with Gasteiger partial charge in [0.1, 0.15) is 5.82 Å². The molecule has 0 radical (unpaired) electrons. The van der Waals surface area contributed by atoms with E-state index in [2.05, 4.69) is 58.9 Å². The molecule has 102 valence electrons. The molecule has 3 aromatic rings. The lowest BCUT2D eigenvalue weighted by Gasteiger charge is -2.10. The van der Waals surface area contributed by atoms with Gasteiger partial charge in [0.2, 0.25) is 0 Å². The molecule has 0 saturated carbocycles. The van der Waals surface area contributed by atoms with Crippen molar-refractivity contribution in [3.63, 3.8) is 0 Å². The van der Waals surface area contributed by atoms with Crippen LogP contribution in [0.25, 0.3) is 10.8 Å². The lowest BCUT2D eigenvalue weighted by Crippen LogP contribution is -2.09. The number of aromatic nitrogens is 2. The molecule has 0 aliphatic rings. The van der Waals surface area contributed by atoms with Gasteiger partial charge in [-0.15, -0.1) is 0 Å². The summed E-state index contributed by atoms with van der Waals surface area (Å²) in [6.45, 7) is 3.58. The summed E-state index contributed by atoms with van der Waals surface area (Å²) in [5.41, 5.74) is 8.17. The summed E-state index contributed by atoms with van der Waals surface area (Å²) in [4.78, 5) is 4.54. The molecule has 0 spiro atoms. The van der Waals surface area contributed by atoms with Crippen molar-refractivity contribution in [1.29, 1.82) is 0 Å². The maximum absolute atomic E-state index is 5.76. The van der Waals surface area contributed by atoms with Crippen LogP contribution < -0.4 is 5.73 Å². The SMILES string of the molecule is CCn1c(CN)cnc1Cc1cccc2ccccc12. The van der Waals surface area contributed by atoms with Gasteiger partial charge in [-0.1, -0.05) is 42.5 Å². The number of rotatable bonds is 4. The Kier molecular flexibility index (Phi) is 3.52. The van der Waals surface area contributed by atoms with Gasteiger partial charge in [0.05, 0.1) is 5.69 Å². The van der Waals surface area contributed by atoms with Crippen LogP contribution in [0.4, 0.5) is 0 Å². The summed E-state index contributed by atoms with van der Waals surface area (Å²) >= 11 is 0. The van der Waals surface area contributed by atoms with E-state index in [0.29, 0.717) is 6.54 Å². The van der Waals surface area contributed by atoms with Crippen LogP contribution in [-0.4, -0.2) is 9.55 Å². The van der Waals surface area contributed by atoms with E-state index < -0.39 is 0 Å². The van der Waals surface area contributed by atoms with Crippen molar-refractivity contribution in [2.24, 2.45) is 5.73 Å². The van der Waals surface area contributed by atoms with Gasteiger partial charge in [-0.05, 0) is 23.3 Å². The highest BCUT2D eigenvalue weighted by atomic mass is 15.1. The van der Waals surface area contributed by atoms with Gasteiger partial charge >= 0.3 is 0 Å². The second-order valence-electron chi connectivity index (χ2n) is 4.93. The van der Waals surface area contributed by atoms with Crippen LogP contribution >= 0.6 is 0 Å². The molecule has 0 fully saturated rings. The van der Waals surface area contributed by atoms with Crippen molar-refractivity contribution in [1.82, 2.24) is 9.55 Å². The number of nitrogens with two attached hydrogens (primary N) is 1. The molecule has 3 nitrogen and oxygen atoms in total. The summed E-state index contributed by atoms with van der Waals surface area (Å²) in [7, 11) is 0. The van der Waals surface area contributed by atoms with Gasteiger partial charge in [-0.2, -0.15) is 0 Å². The molecule has 20 heavy (non-hydrogen) atoms. The maximum Gasteiger partial charge on any atom is 0.113 e. The molecular weight excluding hydrogens is 246 g/mol. The Hall–Kier alpha value is -2.13. The average molecular weight is 265 g/mol. The minimum Gasteiger partial charge on any atom is -0.331 e. The first-order valence-corrected chi connectivity index (χ1v) is 7.03. The van der Waals surface area contributed by atoms with Crippen LogP contribution in [-0.2, 0) is 19.5 Å². The third-order valence-electron chi connectivity index (χ3n) is 3.77. The fraction of sp³-hybridized carbons (Fsp3) is 0.235. The quantitative estimate of drug-likeness (QED) is 0.787. The number of hydrogen-bond acceptors (Lipinski definition) is 2. The van der Waals surface area contributed by atoms with Crippen molar-refractivity contribution in [2.45, 2.75) is 26.4 Å². The molecule has 0 aliphatic carbocycles. The summed E-state index contributed by atoms with van der Waals surface area (Å²) in [5, 5.41) is 2.58. The van der Waals surface area contributed by atoms with Crippen molar-refractivity contribution in [3.05, 3.63) is 65.7 Å². The lowest BCUT2D eigenvalue weighted by molar-refractivity contribution is 0.674. The highest BCUT2D eigenvalue weighted by molar-refractivity contribution is 5.85. The Bertz CT molecular complexity index is 723. The minimum atomic E-state index is 0.538. The first kappa shape index (κ1) is 12.9. The van der Waals surface area contributed by atoms with E-state index in [1.54, 1.807) is 0 Å². The van der Waals surface area contributed by atoms with Crippen LogP contribution in [0, 0.1) is 0 Å². The number of imidazole rings is 1. The zero-order chi connectivity index (χ0) is 13.9. The average Bonchev–Trinajstić information content (AvgIpc) is 2.89. The molecule has 2 aromatic carbocycles. The molecule has 0 bridgehead atoms. The monoisotopic (exact) mass is 265 g/mol. The molecule has 0 unspecified atom stereocenters. The van der Waals surface area contributed by atoms with Crippen LogP contribution in [0.1, 0.15) is 24.0 Å². The number of fused-ring (bicyclic) bond motifs is 1. The number of hydrogen-bond donors (Lipinski definition) is 1. The first-order valence-electron chi connectivity index (χ1n) is 7.03. The summed E-state index contributed by atoms with van der Waals surface area (Å²) < 4.78 is 2.21. The van der Waals surface area contributed by atoms with Crippen molar-refractivity contribution < 1.29 is 0 Å². The van der Waals surface area contributed by atoms with Gasteiger partial charge in [-0.25, -0.2) is 4.98 Å². The number of nitrogens with zero attached hydrogens (tertiary/aromatic N) is 2. The molecule has 3 heteroatoms. The van der Waals surface area contributed by atoms with E-state index in [9.17, 15) is 0 Å². The van der Waals surface area contributed by atoms with Gasteiger partial charge < -0.3 is 10.3 Å². The molecule has 0 amide bonds. The fourth-order valence-electron chi connectivity index (χ4n) is 2.76. The standard InChI is InChI=1S/C17H19N3/c1-2-20-15(11-18)12-19-17(20)10-14-8-5-7-13-6-3-4-9-16(13)14/h3-9,12H,2,10-11,18H2,1H3. The van der Waals surface area contributed by atoms with Crippen molar-refractivity contribution in [3.8, 4) is 0 Å². The van der Waals surface area contributed by atoms with Gasteiger partial charge in [0, 0.05) is 25.7 Å². The molecule has 0 atom stereocenters. The smallest absolute Gasteiger partial charge is 0.113 e. The Morgan fingerprint density at radius 1 is 1.10 bits per heavy atom. The van der Waals surface area contributed by atoms with E-state index in [4.69, 9.17) is 5.73 Å². The zero-order valence-corrected chi connectivity index (χ0v) is 11.7. The van der Waals surface area contributed by atoms with Crippen molar-refractivity contribution >= 4 is 10.8 Å². The van der Waals surface area contributed by atoms with Crippen LogP contribution in [0.2, 0.25) is 0 Å². The predicted octanol–water partition coefficient (Wildman–Crippen LogP) is 3.11. The number of benzene rings is 2. The highest BCUT2D eigenvalue weighted by Gasteiger charge is 2.09. The van der Waals surface area contributed by atoms with Crippen molar-refractivity contribution in [2.75, 3.05) is 0 Å². The second-order valence-corrected chi connectivity index (χ2v) is 4.93. The maximum atomic E-state index is 5.76. The van der Waals surface area contributed by atoms with E-state index in [1.807, 2.05) is 6.20 Å². The normalized spacial score (nSPS) is 11.1. The van der Waals surface area contributed by atoms with Crippen LogP contribution in [0.5, 0.6) is 0 Å². The van der Waals surface area contributed by atoms with E-state index >= 15 is 0 Å². The van der Waals surface area contributed by atoms with Gasteiger partial charge in [0.15, 0.2) is 0 Å². The summed E-state index contributed by atoms with van der Waals surface area (Å²) in [6.07, 6.45) is 2.74. The largest absolute Gasteiger partial charge is 0.331 e. The Morgan fingerprint density at radius 2 is 1.90 bits per heavy atom. The van der Waals surface area contributed by atoms with E-state index in [-0.39, 0.29) is 0 Å². The second kappa shape index (κ2) is 5.47. The fourth-order valence-corrected chi connectivity index (χ4v) is 2.76. The zero-order valence-electron chi connectivity index (χ0n) is 11.7. The van der Waals surface area contributed by atoms with E-state index in [1.165, 1.54) is 16.3 Å².